The number of carbonyl (C=O) groups is 2. The number of nitrogens with one attached hydrogen (secondary N) is 2. The van der Waals surface area contributed by atoms with Crippen LogP contribution in [0.5, 0.6) is 0 Å². The maximum absolute atomic E-state index is 12.2. The normalized spacial score (nSPS) is 25.0. The van der Waals surface area contributed by atoms with Crippen molar-refractivity contribution in [1.82, 2.24) is 10.6 Å². The number of thiocarbonyl (C=S) groups is 1. The van der Waals surface area contributed by atoms with Crippen LogP contribution in [0.25, 0.3) is 0 Å². The largest absolute Gasteiger partial charge is 0.481 e. The summed E-state index contributed by atoms with van der Waals surface area (Å²) in [6, 6.07) is 0. The molecule has 2 rings (SSSR count). The molecule has 0 aromatic rings. The number of carbonyl (C=O) groups excluding carboxylic acids is 1. The summed E-state index contributed by atoms with van der Waals surface area (Å²) in [5, 5.41) is 14.9. The Morgan fingerprint density at radius 2 is 1.83 bits per heavy atom. The van der Waals surface area contributed by atoms with Gasteiger partial charge in [0.05, 0.1) is 23.6 Å². The highest BCUT2D eigenvalue weighted by Crippen LogP contribution is 2.46. The minimum Gasteiger partial charge on any atom is -0.481 e. The maximum Gasteiger partial charge on any atom is 0.303 e. The Kier molecular flexibility index (Phi) is 11.4. The molecule has 0 radical (unpaired) electrons. The molecule has 2 aliphatic rings. The van der Waals surface area contributed by atoms with Crippen molar-refractivity contribution < 1.29 is 19.4 Å². The van der Waals surface area contributed by atoms with Crippen LogP contribution in [-0.2, 0) is 14.3 Å². The fourth-order valence-corrected chi connectivity index (χ4v) is 4.82. The Bertz CT molecular complexity index is 596. The summed E-state index contributed by atoms with van der Waals surface area (Å²) in [6.45, 7) is 3.66. The van der Waals surface area contributed by atoms with Crippen LogP contribution in [0.1, 0.15) is 77.6 Å². The van der Waals surface area contributed by atoms with Crippen molar-refractivity contribution in [3.8, 4) is 0 Å². The van der Waals surface area contributed by atoms with Crippen LogP contribution in [0.3, 0.4) is 0 Å². The van der Waals surface area contributed by atoms with Gasteiger partial charge in [-0.05, 0) is 56.8 Å². The number of rotatable bonds is 15. The van der Waals surface area contributed by atoms with E-state index in [0.717, 1.165) is 45.1 Å². The van der Waals surface area contributed by atoms with Gasteiger partial charge in [-0.15, -0.1) is 0 Å². The second-order valence-electron chi connectivity index (χ2n) is 8.48. The number of ether oxygens (including phenoxy) is 1. The van der Waals surface area contributed by atoms with Crippen LogP contribution in [0.4, 0.5) is 0 Å². The first-order chi connectivity index (χ1) is 14.5. The first-order valence-corrected chi connectivity index (χ1v) is 12.0. The highest BCUT2D eigenvalue weighted by molar-refractivity contribution is 7.80. The molecule has 0 unspecified atom stereocenters. The quantitative estimate of drug-likeness (QED) is 0.204. The number of aliphatic carboxylic acids is 1. The van der Waals surface area contributed by atoms with Crippen molar-refractivity contribution in [2.24, 2.45) is 11.8 Å². The molecule has 2 aliphatic heterocycles. The molecule has 2 heterocycles. The summed E-state index contributed by atoms with van der Waals surface area (Å²) in [7, 11) is 0. The summed E-state index contributed by atoms with van der Waals surface area (Å²) in [5.41, 5.74) is 0. The summed E-state index contributed by atoms with van der Waals surface area (Å²) >= 11 is 5.26. The molecule has 6 nitrogen and oxygen atoms in total. The third-order valence-corrected chi connectivity index (χ3v) is 6.44. The van der Waals surface area contributed by atoms with Gasteiger partial charge in [-0.25, -0.2) is 0 Å². The average molecular weight is 439 g/mol. The van der Waals surface area contributed by atoms with Crippen LogP contribution >= 0.6 is 12.2 Å². The minimum absolute atomic E-state index is 0.0121. The van der Waals surface area contributed by atoms with Gasteiger partial charge in [-0.1, -0.05) is 44.1 Å². The molecule has 0 aromatic carbocycles. The molecule has 2 bridgehead atoms. The number of unbranched alkanes of at least 4 members (excludes halogenated alkanes) is 3. The number of hydrogen-bond acceptors (Lipinski definition) is 4. The number of carboxylic acids is 1. The van der Waals surface area contributed by atoms with E-state index in [1.54, 1.807) is 0 Å². The zero-order valence-electron chi connectivity index (χ0n) is 18.2. The first-order valence-electron chi connectivity index (χ1n) is 11.6. The Morgan fingerprint density at radius 3 is 2.57 bits per heavy atom. The molecule has 2 saturated heterocycles. The maximum atomic E-state index is 12.2. The van der Waals surface area contributed by atoms with Gasteiger partial charge < -0.3 is 20.5 Å². The Balaban J connectivity index is 1.65. The van der Waals surface area contributed by atoms with E-state index in [4.69, 9.17) is 22.1 Å². The predicted molar refractivity (Wildman–Crippen MR) is 122 cm³/mol. The van der Waals surface area contributed by atoms with Gasteiger partial charge in [0.25, 0.3) is 0 Å². The fourth-order valence-electron chi connectivity index (χ4n) is 4.59. The zero-order chi connectivity index (χ0) is 21.8. The van der Waals surface area contributed by atoms with Crippen molar-refractivity contribution in [3.63, 3.8) is 0 Å². The van der Waals surface area contributed by atoms with E-state index in [9.17, 15) is 9.59 Å². The molecule has 4 atom stereocenters. The number of carboxylic acid groups (broad SMARTS) is 1. The van der Waals surface area contributed by atoms with Crippen LogP contribution in [0.15, 0.2) is 12.2 Å². The van der Waals surface area contributed by atoms with E-state index >= 15 is 0 Å². The molecule has 3 N–H and O–H groups in total. The van der Waals surface area contributed by atoms with Crippen molar-refractivity contribution >= 4 is 29.1 Å². The molecule has 0 aliphatic carbocycles. The van der Waals surface area contributed by atoms with Gasteiger partial charge in [0, 0.05) is 19.5 Å². The van der Waals surface area contributed by atoms with Crippen molar-refractivity contribution in [2.75, 3.05) is 13.1 Å². The molecule has 0 aromatic heterocycles. The highest BCUT2D eigenvalue weighted by Gasteiger charge is 2.47. The van der Waals surface area contributed by atoms with E-state index in [-0.39, 0.29) is 18.7 Å². The smallest absolute Gasteiger partial charge is 0.303 e. The number of allylic oxidation sites excluding steroid dienone is 2. The molecule has 7 heteroatoms. The lowest BCUT2D eigenvalue weighted by Gasteiger charge is -2.27. The van der Waals surface area contributed by atoms with E-state index in [1.165, 1.54) is 12.8 Å². The van der Waals surface area contributed by atoms with Crippen molar-refractivity contribution in [2.45, 2.75) is 89.8 Å². The van der Waals surface area contributed by atoms with Gasteiger partial charge in [0.2, 0.25) is 5.91 Å². The lowest BCUT2D eigenvalue weighted by atomic mass is 9.76. The molecule has 0 spiro atoms. The minimum atomic E-state index is -0.736. The van der Waals surface area contributed by atoms with E-state index in [1.807, 2.05) is 0 Å². The number of hydrogen-bond donors (Lipinski definition) is 3. The van der Waals surface area contributed by atoms with E-state index in [0.29, 0.717) is 42.0 Å². The molecule has 30 heavy (non-hydrogen) atoms. The molecule has 1 amide bonds. The molecular weight excluding hydrogens is 400 g/mol. The van der Waals surface area contributed by atoms with Crippen molar-refractivity contribution in [3.05, 3.63) is 12.2 Å². The van der Waals surface area contributed by atoms with E-state index in [2.05, 4.69) is 29.7 Å². The second kappa shape index (κ2) is 13.8. The van der Waals surface area contributed by atoms with Gasteiger partial charge >= 0.3 is 5.97 Å². The van der Waals surface area contributed by atoms with Gasteiger partial charge in [-0.3, -0.25) is 9.59 Å². The monoisotopic (exact) mass is 438 g/mol. The summed E-state index contributed by atoms with van der Waals surface area (Å²) in [4.78, 5) is 23.3. The molecule has 2 fully saturated rings. The van der Waals surface area contributed by atoms with Crippen LogP contribution in [0.2, 0.25) is 0 Å². The van der Waals surface area contributed by atoms with Crippen LogP contribution < -0.4 is 10.6 Å². The number of amides is 1. The molecule has 0 saturated carbocycles. The van der Waals surface area contributed by atoms with Crippen LogP contribution in [-0.4, -0.2) is 47.3 Å². The summed E-state index contributed by atoms with van der Waals surface area (Å²) < 4.78 is 6.14. The highest BCUT2D eigenvalue weighted by atomic mass is 32.1. The van der Waals surface area contributed by atoms with Crippen molar-refractivity contribution in [1.29, 1.82) is 0 Å². The number of fused-ring (bicyclic) bond motifs is 2. The molecular formula is C23H38N2O4S. The summed E-state index contributed by atoms with van der Waals surface area (Å²) in [5.74, 6) is 0.228. The SMILES string of the molecule is CCCCCNC(=S)CC(=O)NCC[C@H]1[C@@H](CC=CCCCC(=O)O)[C@H]2CC[C@@H]1O2. The fraction of sp³-hybridized carbons (Fsp3) is 0.783. The van der Waals surface area contributed by atoms with Gasteiger partial charge in [-0.2, -0.15) is 0 Å². The first kappa shape index (κ1) is 24.8. The Labute approximate surface area is 186 Å². The van der Waals surface area contributed by atoms with Crippen LogP contribution in [0, 0.1) is 11.8 Å². The standard InChI is InChI=1S/C23H38N2O4S/c1-2-3-8-14-25-22(30)16-21(26)24-15-13-18-17(19-11-12-20(18)29-19)9-6-4-5-7-10-23(27)28/h4,6,17-20H,2-3,5,7-16H2,1H3,(H,24,26)(H,25,30)(H,27,28)/t17-,18+,19-,20+/m1/s1. The Morgan fingerprint density at radius 1 is 1.07 bits per heavy atom. The third kappa shape index (κ3) is 8.72. The predicted octanol–water partition coefficient (Wildman–Crippen LogP) is 3.98. The average Bonchev–Trinajstić information content (AvgIpc) is 3.30. The topological polar surface area (TPSA) is 87.7 Å². The van der Waals surface area contributed by atoms with Gasteiger partial charge in [0.15, 0.2) is 0 Å². The third-order valence-electron chi connectivity index (χ3n) is 6.15. The Hall–Kier alpha value is -1.47. The van der Waals surface area contributed by atoms with Gasteiger partial charge in [0.1, 0.15) is 0 Å². The van der Waals surface area contributed by atoms with E-state index < -0.39 is 5.97 Å². The lowest BCUT2D eigenvalue weighted by molar-refractivity contribution is -0.137. The molecule has 170 valence electrons. The lowest BCUT2D eigenvalue weighted by Crippen LogP contribution is -2.34. The zero-order valence-corrected chi connectivity index (χ0v) is 19.1. The summed E-state index contributed by atoms with van der Waals surface area (Å²) in [6.07, 6.45) is 14.5. The second-order valence-corrected chi connectivity index (χ2v) is 8.98.